The van der Waals surface area contributed by atoms with Crippen LogP contribution in [0.2, 0.25) is 0 Å². The number of fused-ring (bicyclic) bond motifs is 1. The van der Waals surface area contributed by atoms with Gasteiger partial charge in [-0.2, -0.15) is 0 Å². The third-order valence-electron chi connectivity index (χ3n) is 6.35. The molecule has 2 atom stereocenters. The van der Waals surface area contributed by atoms with Crippen LogP contribution in [0.3, 0.4) is 0 Å². The van der Waals surface area contributed by atoms with Crippen LogP contribution >= 0.6 is 12.2 Å². The van der Waals surface area contributed by atoms with Crippen molar-refractivity contribution in [3.63, 3.8) is 0 Å². The van der Waals surface area contributed by atoms with Crippen molar-refractivity contribution in [3.05, 3.63) is 127 Å². The lowest BCUT2D eigenvalue weighted by Crippen LogP contribution is -2.30. The summed E-state index contributed by atoms with van der Waals surface area (Å²) in [6.45, 7) is 0.615. The van der Waals surface area contributed by atoms with Crippen molar-refractivity contribution < 1.29 is 0 Å². The molecule has 1 saturated heterocycles. The van der Waals surface area contributed by atoms with E-state index < -0.39 is 0 Å². The lowest BCUT2D eigenvalue weighted by atomic mass is 10.0. The summed E-state index contributed by atoms with van der Waals surface area (Å²) in [6.07, 6.45) is 5.78. The van der Waals surface area contributed by atoms with Crippen molar-refractivity contribution in [2.75, 3.05) is 0 Å². The lowest BCUT2D eigenvalue weighted by molar-refractivity contribution is 0.299. The Kier molecular flexibility index (Phi) is 5.28. The first-order valence-corrected chi connectivity index (χ1v) is 11.7. The minimum atomic E-state index is -0.0773. The molecule has 4 heterocycles. The minimum absolute atomic E-state index is 0.0501. The van der Waals surface area contributed by atoms with Crippen molar-refractivity contribution in [1.29, 1.82) is 0 Å². The molecule has 1 fully saturated rings. The molecule has 1 aliphatic heterocycles. The number of pyridine rings is 2. The maximum atomic E-state index is 5.84. The monoisotopic (exact) mass is 461 g/mol. The predicted octanol–water partition coefficient (Wildman–Crippen LogP) is 5.59. The quantitative estimate of drug-likeness (QED) is 0.346. The van der Waals surface area contributed by atoms with Crippen LogP contribution in [0.25, 0.3) is 16.5 Å². The fourth-order valence-electron chi connectivity index (χ4n) is 4.76. The normalized spacial score (nSPS) is 17.8. The first-order valence-electron chi connectivity index (χ1n) is 11.3. The molecule has 0 radical (unpaired) electrons. The number of nitrogens with zero attached hydrogens (tertiary/aromatic N) is 4. The Bertz CT molecular complexity index is 1450. The van der Waals surface area contributed by atoms with Crippen molar-refractivity contribution in [3.8, 4) is 5.69 Å². The van der Waals surface area contributed by atoms with Crippen molar-refractivity contribution >= 4 is 28.1 Å². The average molecular weight is 462 g/mol. The maximum absolute atomic E-state index is 5.84. The summed E-state index contributed by atoms with van der Waals surface area (Å²) in [5, 5.41) is 6.69. The van der Waals surface area contributed by atoms with Crippen molar-refractivity contribution in [2.24, 2.45) is 0 Å². The second kappa shape index (κ2) is 8.72. The molecule has 0 saturated carbocycles. The van der Waals surface area contributed by atoms with Gasteiger partial charge in [0.2, 0.25) is 0 Å². The van der Waals surface area contributed by atoms with Crippen LogP contribution in [0, 0.1) is 0 Å². The molecule has 34 heavy (non-hydrogen) atoms. The summed E-state index contributed by atoms with van der Waals surface area (Å²) in [7, 11) is 0. The summed E-state index contributed by atoms with van der Waals surface area (Å²) in [5.41, 5.74) is 4.20. The Morgan fingerprint density at radius 1 is 0.794 bits per heavy atom. The molecule has 1 N–H and O–H groups in total. The molecule has 2 aromatic carbocycles. The third kappa shape index (κ3) is 3.72. The van der Waals surface area contributed by atoms with Gasteiger partial charge in [-0.15, -0.1) is 0 Å². The molecular formula is C28H23N5S. The van der Waals surface area contributed by atoms with E-state index in [1.807, 2.05) is 42.7 Å². The molecule has 0 bridgehead atoms. The van der Waals surface area contributed by atoms with E-state index in [0.29, 0.717) is 11.7 Å². The Hall–Kier alpha value is -4.03. The first kappa shape index (κ1) is 20.6. The molecule has 6 rings (SSSR count). The van der Waals surface area contributed by atoms with Gasteiger partial charge in [0.25, 0.3) is 0 Å². The summed E-state index contributed by atoms with van der Waals surface area (Å²) in [6, 6.07) is 31.2. The van der Waals surface area contributed by atoms with Crippen LogP contribution < -0.4 is 5.32 Å². The highest BCUT2D eigenvalue weighted by molar-refractivity contribution is 7.80. The number of hydrogen-bond acceptors (Lipinski definition) is 3. The van der Waals surface area contributed by atoms with Gasteiger partial charge in [0.1, 0.15) is 0 Å². The van der Waals surface area contributed by atoms with E-state index in [9.17, 15) is 0 Å². The molecule has 5 aromatic rings. The summed E-state index contributed by atoms with van der Waals surface area (Å²) < 4.78 is 2.26. The molecule has 3 aromatic heterocycles. The van der Waals surface area contributed by atoms with Crippen LogP contribution in [0.4, 0.5) is 0 Å². The molecule has 1 aliphatic rings. The van der Waals surface area contributed by atoms with E-state index >= 15 is 0 Å². The second-order valence-electron chi connectivity index (χ2n) is 8.41. The highest BCUT2D eigenvalue weighted by Crippen LogP contribution is 2.40. The number of benzene rings is 2. The summed E-state index contributed by atoms with van der Waals surface area (Å²) in [4.78, 5) is 11.4. The third-order valence-corrected chi connectivity index (χ3v) is 6.70. The van der Waals surface area contributed by atoms with E-state index in [1.165, 1.54) is 10.8 Å². The van der Waals surface area contributed by atoms with Gasteiger partial charge in [0.15, 0.2) is 5.11 Å². The second-order valence-corrected chi connectivity index (χ2v) is 8.80. The molecule has 0 spiro atoms. The zero-order valence-electron chi connectivity index (χ0n) is 18.5. The van der Waals surface area contributed by atoms with Gasteiger partial charge in [0, 0.05) is 30.0 Å². The Labute approximate surface area is 203 Å². The SMILES string of the molecule is S=C1N[C@H](c2ccccn2)[C@@H](c2cccn2-c2ccc3ccccc3c2)N1Cc1ccccn1. The zero-order valence-corrected chi connectivity index (χ0v) is 19.3. The standard InChI is InChI=1S/C28H23N5S/c34-28-31-26(24-11-4-6-16-30-24)27(33(28)19-22-10-3-5-15-29-22)25-12-7-17-32(25)23-14-13-20-8-1-2-9-21(20)18-23/h1-18,26-27H,19H2,(H,31,34)/t26-,27-/m1/s1. The van der Waals surface area contributed by atoms with Crippen molar-refractivity contribution in [2.45, 2.75) is 18.6 Å². The molecule has 0 amide bonds. The summed E-state index contributed by atoms with van der Waals surface area (Å²) >= 11 is 5.84. The smallest absolute Gasteiger partial charge is 0.170 e. The fraction of sp³-hybridized carbons (Fsp3) is 0.107. The van der Waals surface area contributed by atoms with Gasteiger partial charge in [0.05, 0.1) is 30.0 Å². The Morgan fingerprint density at radius 2 is 1.59 bits per heavy atom. The Balaban J connectivity index is 1.46. The first-order chi connectivity index (χ1) is 16.8. The van der Waals surface area contributed by atoms with E-state index in [2.05, 4.69) is 91.6 Å². The van der Waals surface area contributed by atoms with Crippen molar-refractivity contribution in [1.82, 2.24) is 24.8 Å². The molecule has 166 valence electrons. The van der Waals surface area contributed by atoms with Crippen LogP contribution in [0.1, 0.15) is 29.2 Å². The Morgan fingerprint density at radius 3 is 2.38 bits per heavy atom. The number of thiocarbonyl (C=S) groups is 1. The van der Waals surface area contributed by atoms with E-state index in [1.54, 1.807) is 0 Å². The lowest BCUT2D eigenvalue weighted by Gasteiger charge is -2.28. The minimum Gasteiger partial charge on any atom is -0.352 e. The molecule has 0 unspecified atom stereocenters. The van der Waals surface area contributed by atoms with Gasteiger partial charge in [-0.1, -0.05) is 42.5 Å². The largest absolute Gasteiger partial charge is 0.352 e. The van der Waals surface area contributed by atoms with E-state index in [4.69, 9.17) is 12.2 Å². The van der Waals surface area contributed by atoms with Gasteiger partial charge in [-0.25, -0.2) is 0 Å². The highest BCUT2D eigenvalue weighted by atomic mass is 32.1. The van der Waals surface area contributed by atoms with Gasteiger partial charge < -0.3 is 14.8 Å². The zero-order chi connectivity index (χ0) is 22.9. The van der Waals surface area contributed by atoms with Gasteiger partial charge >= 0.3 is 0 Å². The number of rotatable bonds is 5. The summed E-state index contributed by atoms with van der Waals surface area (Å²) in [5.74, 6) is 0. The molecule has 6 heteroatoms. The number of aromatic nitrogens is 3. The van der Waals surface area contributed by atoms with Crippen LogP contribution in [0.15, 0.2) is 110 Å². The predicted molar refractivity (Wildman–Crippen MR) is 139 cm³/mol. The number of nitrogens with one attached hydrogen (secondary N) is 1. The topological polar surface area (TPSA) is 46.0 Å². The molecule has 5 nitrogen and oxygen atoms in total. The highest BCUT2D eigenvalue weighted by Gasteiger charge is 2.41. The van der Waals surface area contributed by atoms with E-state index in [-0.39, 0.29) is 12.1 Å². The van der Waals surface area contributed by atoms with Gasteiger partial charge in [-0.3, -0.25) is 9.97 Å². The van der Waals surface area contributed by atoms with Crippen LogP contribution in [-0.2, 0) is 6.54 Å². The van der Waals surface area contributed by atoms with Crippen LogP contribution in [-0.4, -0.2) is 24.5 Å². The maximum Gasteiger partial charge on any atom is 0.170 e. The number of hydrogen-bond donors (Lipinski definition) is 1. The average Bonchev–Trinajstić information content (AvgIpc) is 3.49. The molecule has 0 aliphatic carbocycles. The van der Waals surface area contributed by atoms with Gasteiger partial charge in [-0.05, 0) is 71.5 Å². The fourth-order valence-corrected chi connectivity index (χ4v) is 5.07. The van der Waals surface area contributed by atoms with E-state index in [0.717, 1.165) is 22.8 Å². The molecular weight excluding hydrogens is 438 g/mol. The van der Waals surface area contributed by atoms with Crippen LogP contribution in [0.5, 0.6) is 0 Å².